The molecule has 1 aromatic rings. The number of methoxy groups -OCH3 is 1. The quantitative estimate of drug-likeness (QED) is 0.633. The molecule has 0 N–H and O–H groups in total. The van der Waals surface area contributed by atoms with Crippen LogP contribution in [0.2, 0.25) is 0 Å². The number of hydrogen-bond acceptors (Lipinski definition) is 1. The van der Waals surface area contributed by atoms with E-state index in [0.717, 1.165) is 30.6 Å². The Morgan fingerprint density at radius 2 is 2.27 bits per heavy atom. The summed E-state index contributed by atoms with van der Waals surface area (Å²) >= 11 is 0. The van der Waals surface area contributed by atoms with E-state index in [4.69, 9.17) is 11.3 Å². The van der Waals surface area contributed by atoms with Crippen LogP contribution in [0.3, 0.4) is 0 Å². The van der Waals surface area contributed by atoms with Crippen LogP contribution in [0.15, 0.2) is 24.4 Å². The van der Waals surface area contributed by atoms with Gasteiger partial charge in [-0.25, -0.2) is 4.85 Å². The van der Waals surface area contributed by atoms with Crippen LogP contribution in [0, 0.1) is 6.57 Å². The first-order valence-electron chi connectivity index (χ1n) is 5.08. The maximum absolute atomic E-state index is 6.90. The second-order valence-electron chi connectivity index (χ2n) is 3.66. The van der Waals surface area contributed by atoms with E-state index in [1.807, 2.05) is 12.1 Å². The lowest BCUT2D eigenvalue weighted by Crippen LogP contribution is -2.01. The first-order chi connectivity index (χ1) is 7.35. The normalized spacial score (nSPS) is 16.9. The molecule has 15 heavy (non-hydrogen) atoms. The third kappa shape index (κ3) is 1.87. The summed E-state index contributed by atoms with van der Waals surface area (Å²) in [5, 5.41) is 0. The van der Waals surface area contributed by atoms with E-state index in [0.29, 0.717) is 0 Å². The summed E-state index contributed by atoms with van der Waals surface area (Å²) in [6, 6.07) is 6.12. The Morgan fingerprint density at radius 3 is 3.00 bits per heavy atom. The third-order valence-electron chi connectivity index (χ3n) is 2.78. The van der Waals surface area contributed by atoms with E-state index in [9.17, 15) is 0 Å². The lowest BCUT2D eigenvalue weighted by atomic mass is 9.88. The molecule has 0 spiro atoms. The third-order valence-corrected chi connectivity index (χ3v) is 2.78. The van der Waals surface area contributed by atoms with Crippen LogP contribution in [-0.2, 0) is 6.42 Å². The number of rotatable bonds is 1. The summed E-state index contributed by atoms with van der Waals surface area (Å²) < 4.78 is 5.20. The Labute approximate surface area is 90.0 Å². The van der Waals surface area contributed by atoms with Crippen LogP contribution in [0.1, 0.15) is 24.0 Å². The average molecular weight is 199 g/mol. The van der Waals surface area contributed by atoms with Crippen LogP contribution in [0.25, 0.3) is 10.4 Å². The van der Waals surface area contributed by atoms with E-state index >= 15 is 0 Å². The van der Waals surface area contributed by atoms with E-state index in [1.165, 1.54) is 11.1 Å². The van der Waals surface area contributed by atoms with E-state index < -0.39 is 0 Å². The molecule has 1 aliphatic rings. The lowest BCUT2D eigenvalue weighted by Gasteiger charge is -2.19. The highest BCUT2D eigenvalue weighted by Gasteiger charge is 2.13. The molecule has 0 saturated heterocycles. The van der Waals surface area contributed by atoms with Crippen molar-refractivity contribution in [1.82, 2.24) is 0 Å². The number of ether oxygens (including phenoxy) is 1. The van der Waals surface area contributed by atoms with Crippen molar-refractivity contribution in [2.75, 3.05) is 7.11 Å². The monoisotopic (exact) mass is 199 g/mol. The topological polar surface area (TPSA) is 13.6 Å². The summed E-state index contributed by atoms with van der Waals surface area (Å²) in [4.78, 5) is 3.36. The molecule has 1 aromatic carbocycles. The van der Waals surface area contributed by atoms with Gasteiger partial charge in [-0.2, -0.15) is 0 Å². The Kier molecular flexibility index (Phi) is 2.73. The highest BCUT2D eigenvalue weighted by molar-refractivity contribution is 5.71. The van der Waals surface area contributed by atoms with Crippen LogP contribution in [0.4, 0.5) is 0 Å². The fourth-order valence-electron chi connectivity index (χ4n) is 2.02. The van der Waals surface area contributed by atoms with E-state index in [-0.39, 0.29) is 0 Å². The number of fused-ring (bicyclic) bond motifs is 1. The molecule has 2 heteroatoms. The molecule has 0 atom stereocenters. The molecule has 0 amide bonds. The summed E-state index contributed by atoms with van der Waals surface area (Å²) in [5.41, 5.74) is 3.67. The minimum absolute atomic E-state index is 0.867. The zero-order chi connectivity index (χ0) is 10.7. The predicted molar refractivity (Wildman–Crippen MR) is 60.5 cm³/mol. The molecule has 0 fully saturated rings. The van der Waals surface area contributed by atoms with Gasteiger partial charge in [0.05, 0.1) is 13.7 Å². The van der Waals surface area contributed by atoms with Gasteiger partial charge in [0.15, 0.2) is 6.20 Å². The molecule has 1 aliphatic carbocycles. The Balaban J connectivity index is 2.49. The molecule has 76 valence electrons. The summed E-state index contributed by atoms with van der Waals surface area (Å²) in [6.07, 6.45) is 4.88. The molecule has 2 nitrogen and oxygen atoms in total. The maximum atomic E-state index is 6.90. The predicted octanol–water partition coefficient (Wildman–Crippen LogP) is 3.29. The first kappa shape index (κ1) is 9.79. The molecule has 0 bridgehead atoms. The molecule has 0 aliphatic heterocycles. The van der Waals surface area contributed by atoms with E-state index in [2.05, 4.69) is 10.9 Å². The van der Waals surface area contributed by atoms with E-state index in [1.54, 1.807) is 13.3 Å². The number of nitrogens with zero attached hydrogens (tertiary/aromatic N) is 1. The van der Waals surface area contributed by atoms with Crippen molar-refractivity contribution in [3.05, 3.63) is 46.9 Å². The fourth-order valence-corrected chi connectivity index (χ4v) is 2.02. The molecule has 0 unspecified atom stereocenters. The standard InChI is InChI=1S/C13H13NO/c1-14-9-11-5-3-4-10-6-7-12(15-2)8-13(10)11/h6-9H,3-5H2,2H3/b11-9-. The fraction of sp³-hybridized carbons (Fsp3) is 0.308. The van der Waals surface area contributed by atoms with Crippen molar-refractivity contribution in [1.29, 1.82) is 0 Å². The van der Waals surface area contributed by atoms with Gasteiger partial charge in [0.2, 0.25) is 0 Å². The Hall–Kier alpha value is -1.75. The molecule has 0 heterocycles. The molecule has 0 radical (unpaired) electrons. The molecule has 2 rings (SSSR count). The SMILES string of the molecule is [C-]#[N+]/C=C1/CCCc2ccc(OC)cc21. The second kappa shape index (κ2) is 4.18. The Morgan fingerprint density at radius 1 is 1.40 bits per heavy atom. The molecular weight excluding hydrogens is 186 g/mol. The van der Waals surface area contributed by atoms with Crippen LogP contribution in [0.5, 0.6) is 5.75 Å². The zero-order valence-electron chi connectivity index (χ0n) is 8.79. The van der Waals surface area contributed by atoms with Gasteiger partial charge in [-0.15, -0.1) is 0 Å². The maximum Gasteiger partial charge on any atom is 0.157 e. The Bertz CT molecular complexity index is 440. The van der Waals surface area contributed by atoms with Gasteiger partial charge < -0.3 is 4.74 Å². The number of aryl methyl sites for hydroxylation is 1. The molecule has 0 aromatic heterocycles. The smallest absolute Gasteiger partial charge is 0.157 e. The minimum Gasteiger partial charge on any atom is -0.497 e. The van der Waals surface area contributed by atoms with Crippen LogP contribution in [-0.4, -0.2) is 7.11 Å². The van der Waals surface area contributed by atoms with Gasteiger partial charge in [0.25, 0.3) is 0 Å². The van der Waals surface area contributed by atoms with Gasteiger partial charge >= 0.3 is 0 Å². The molecule has 0 saturated carbocycles. The van der Waals surface area contributed by atoms with Crippen molar-refractivity contribution in [2.24, 2.45) is 0 Å². The summed E-state index contributed by atoms with van der Waals surface area (Å²) in [6.45, 7) is 6.90. The number of allylic oxidation sites excluding steroid dienone is 1. The average Bonchev–Trinajstić information content (AvgIpc) is 2.29. The molecular formula is C13H13NO. The summed E-state index contributed by atoms with van der Waals surface area (Å²) in [7, 11) is 1.67. The number of hydrogen-bond donors (Lipinski definition) is 0. The van der Waals surface area contributed by atoms with Crippen molar-refractivity contribution >= 4 is 5.57 Å². The van der Waals surface area contributed by atoms with Gasteiger partial charge in [-0.3, -0.25) is 0 Å². The highest BCUT2D eigenvalue weighted by Crippen LogP contribution is 2.33. The van der Waals surface area contributed by atoms with Crippen LogP contribution < -0.4 is 4.74 Å². The second-order valence-corrected chi connectivity index (χ2v) is 3.66. The highest BCUT2D eigenvalue weighted by atomic mass is 16.5. The largest absolute Gasteiger partial charge is 0.497 e. The number of benzene rings is 1. The van der Waals surface area contributed by atoms with Gasteiger partial charge in [0.1, 0.15) is 5.75 Å². The van der Waals surface area contributed by atoms with Gasteiger partial charge in [-0.1, -0.05) is 6.07 Å². The first-order valence-corrected chi connectivity index (χ1v) is 5.08. The minimum atomic E-state index is 0.867. The van der Waals surface area contributed by atoms with Crippen LogP contribution >= 0.6 is 0 Å². The van der Waals surface area contributed by atoms with Gasteiger partial charge in [-0.05, 0) is 48.1 Å². The van der Waals surface area contributed by atoms with Gasteiger partial charge in [0, 0.05) is 0 Å². The lowest BCUT2D eigenvalue weighted by molar-refractivity contribution is 0.414. The van der Waals surface area contributed by atoms with Crippen molar-refractivity contribution in [2.45, 2.75) is 19.3 Å². The summed E-state index contributed by atoms with van der Waals surface area (Å²) in [5.74, 6) is 0.867. The zero-order valence-corrected chi connectivity index (χ0v) is 8.79. The van der Waals surface area contributed by atoms with Crippen molar-refractivity contribution in [3.8, 4) is 5.75 Å². The van der Waals surface area contributed by atoms with Crippen molar-refractivity contribution < 1.29 is 4.74 Å². The van der Waals surface area contributed by atoms with Crippen molar-refractivity contribution in [3.63, 3.8) is 0 Å².